The first-order valence-electron chi connectivity index (χ1n) is 6.37. The Morgan fingerprint density at radius 3 is 2.94 bits per heavy atom. The van der Waals surface area contributed by atoms with Gasteiger partial charge in [0, 0.05) is 6.54 Å². The van der Waals surface area contributed by atoms with Crippen LogP contribution in [0.5, 0.6) is 0 Å². The van der Waals surface area contributed by atoms with Crippen LogP contribution in [0.2, 0.25) is 0 Å². The normalized spacial score (nSPS) is 31.2. The molecule has 0 radical (unpaired) electrons. The molecule has 1 fully saturated rings. The predicted octanol–water partition coefficient (Wildman–Crippen LogP) is 2.38. The standard InChI is InChI=1S/C14H23NO/c1-11(2)10-16-6-5-15-9-14-8-12-3-4-13(14)7-12/h3-4,12-15H,1,5-10H2,2H3. The SMILES string of the molecule is C=C(C)COCCNCC1CC2C=CC1C2. The molecule has 2 bridgehead atoms. The molecular weight excluding hydrogens is 198 g/mol. The molecule has 1 saturated carbocycles. The molecule has 3 atom stereocenters. The minimum Gasteiger partial charge on any atom is -0.376 e. The zero-order valence-electron chi connectivity index (χ0n) is 10.2. The van der Waals surface area contributed by atoms with Gasteiger partial charge in [0.05, 0.1) is 13.2 Å². The lowest BCUT2D eigenvalue weighted by Gasteiger charge is -2.18. The molecule has 90 valence electrons. The first-order valence-corrected chi connectivity index (χ1v) is 6.37. The van der Waals surface area contributed by atoms with Gasteiger partial charge in [-0.25, -0.2) is 0 Å². The highest BCUT2D eigenvalue weighted by atomic mass is 16.5. The second kappa shape index (κ2) is 5.65. The quantitative estimate of drug-likeness (QED) is 0.526. The van der Waals surface area contributed by atoms with E-state index in [1.807, 2.05) is 6.92 Å². The molecule has 0 aliphatic heterocycles. The van der Waals surface area contributed by atoms with Gasteiger partial charge in [0.1, 0.15) is 0 Å². The molecule has 0 heterocycles. The van der Waals surface area contributed by atoms with Gasteiger partial charge in [-0.1, -0.05) is 24.3 Å². The van der Waals surface area contributed by atoms with E-state index in [0.717, 1.165) is 43.0 Å². The van der Waals surface area contributed by atoms with Crippen LogP contribution in [0.3, 0.4) is 0 Å². The largest absolute Gasteiger partial charge is 0.376 e. The second-order valence-electron chi connectivity index (χ2n) is 5.25. The molecule has 0 saturated heterocycles. The van der Waals surface area contributed by atoms with Crippen LogP contribution in [-0.4, -0.2) is 26.3 Å². The maximum Gasteiger partial charge on any atom is 0.0672 e. The van der Waals surface area contributed by atoms with E-state index in [4.69, 9.17) is 4.74 Å². The summed E-state index contributed by atoms with van der Waals surface area (Å²) in [5, 5.41) is 3.50. The van der Waals surface area contributed by atoms with Crippen molar-refractivity contribution in [3.63, 3.8) is 0 Å². The van der Waals surface area contributed by atoms with Crippen LogP contribution in [0.1, 0.15) is 19.8 Å². The molecule has 0 spiro atoms. The Balaban J connectivity index is 1.49. The lowest BCUT2D eigenvalue weighted by Crippen LogP contribution is -2.28. The highest BCUT2D eigenvalue weighted by Gasteiger charge is 2.34. The molecule has 0 aromatic carbocycles. The van der Waals surface area contributed by atoms with Crippen molar-refractivity contribution >= 4 is 0 Å². The van der Waals surface area contributed by atoms with Crippen LogP contribution in [-0.2, 0) is 4.74 Å². The first kappa shape index (κ1) is 11.9. The Kier molecular flexibility index (Phi) is 4.19. The third-order valence-electron chi connectivity index (χ3n) is 3.59. The topological polar surface area (TPSA) is 21.3 Å². The van der Waals surface area contributed by atoms with E-state index in [0.29, 0.717) is 6.61 Å². The zero-order chi connectivity index (χ0) is 11.4. The Morgan fingerprint density at radius 2 is 2.31 bits per heavy atom. The number of rotatable bonds is 7. The summed E-state index contributed by atoms with van der Waals surface area (Å²) in [7, 11) is 0. The van der Waals surface area contributed by atoms with E-state index in [1.165, 1.54) is 12.8 Å². The molecule has 2 heteroatoms. The molecule has 0 aromatic heterocycles. The summed E-state index contributed by atoms with van der Waals surface area (Å²) >= 11 is 0. The number of fused-ring (bicyclic) bond motifs is 2. The third kappa shape index (κ3) is 3.19. The summed E-state index contributed by atoms with van der Waals surface area (Å²) in [6.07, 6.45) is 7.61. The number of hydrogen-bond acceptors (Lipinski definition) is 2. The van der Waals surface area contributed by atoms with Gasteiger partial charge in [-0.05, 0) is 44.1 Å². The van der Waals surface area contributed by atoms with Crippen molar-refractivity contribution in [2.75, 3.05) is 26.3 Å². The average molecular weight is 221 g/mol. The third-order valence-corrected chi connectivity index (χ3v) is 3.59. The fourth-order valence-electron chi connectivity index (χ4n) is 2.81. The summed E-state index contributed by atoms with van der Waals surface area (Å²) < 4.78 is 5.45. The summed E-state index contributed by atoms with van der Waals surface area (Å²) in [5.41, 5.74) is 1.10. The lowest BCUT2D eigenvalue weighted by atomic mass is 9.94. The minimum absolute atomic E-state index is 0.693. The van der Waals surface area contributed by atoms with Gasteiger partial charge in [-0.3, -0.25) is 0 Å². The van der Waals surface area contributed by atoms with Gasteiger partial charge in [0.25, 0.3) is 0 Å². The zero-order valence-corrected chi connectivity index (χ0v) is 10.2. The smallest absolute Gasteiger partial charge is 0.0672 e. The van der Waals surface area contributed by atoms with Crippen molar-refractivity contribution in [1.82, 2.24) is 5.32 Å². The summed E-state index contributed by atoms with van der Waals surface area (Å²) in [6.45, 7) is 9.41. The highest BCUT2D eigenvalue weighted by molar-refractivity contribution is 5.10. The van der Waals surface area contributed by atoms with Crippen LogP contribution in [0.4, 0.5) is 0 Å². The molecule has 0 aromatic rings. The Labute approximate surface area is 98.8 Å². The molecule has 1 N–H and O–H groups in total. The van der Waals surface area contributed by atoms with Crippen LogP contribution >= 0.6 is 0 Å². The maximum atomic E-state index is 5.45. The molecular formula is C14H23NO. The Hall–Kier alpha value is -0.600. The highest BCUT2D eigenvalue weighted by Crippen LogP contribution is 2.42. The van der Waals surface area contributed by atoms with Crippen molar-refractivity contribution in [3.8, 4) is 0 Å². The van der Waals surface area contributed by atoms with Crippen molar-refractivity contribution in [3.05, 3.63) is 24.3 Å². The van der Waals surface area contributed by atoms with Crippen molar-refractivity contribution < 1.29 is 4.74 Å². The van der Waals surface area contributed by atoms with E-state index < -0.39 is 0 Å². The van der Waals surface area contributed by atoms with Gasteiger partial charge in [0.15, 0.2) is 0 Å². The second-order valence-corrected chi connectivity index (χ2v) is 5.25. The van der Waals surface area contributed by atoms with Gasteiger partial charge >= 0.3 is 0 Å². The van der Waals surface area contributed by atoms with Crippen molar-refractivity contribution in [1.29, 1.82) is 0 Å². The van der Waals surface area contributed by atoms with E-state index in [2.05, 4.69) is 24.0 Å². The van der Waals surface area contributed by atoms with E-state index in [-0.39, 0.29) is 0 Å². The van der Waals surface area contributed by atoms with Crippen LogP contribution in [0, 0.1) is 17.8 Å². The summed E-state index contributed by atoms with van der Waals surface area (Å²) in [6, 6.07) is 0. The molecule has 2 aliphatic rings. The van der Waals surface area contributed by atoms with Crippen LogP contribution < -0.4 is 5.32 Å². The Bertz CT molecular complexity index is 272. The predicted molar refractivity (Wildman–Crippen MR) is 67.3 cm³/mol. The average Bonchev–Trinajstić information content (AvgIpc) is 2.84. The maximum absolute atomic E-state index is 5.45. The first-order chi connectivity index (χ1) is 7.75. The molecule has 2 aliphatic carbocycles. The lowest BCUT2D eigenvalue weighted by molar-refractivity contribution is 0.156. The van der Waals surface area contributed by atoms with Gasteiger partial charge in [0.2, 0.25) is 0 Å². The van der Waals surface area contributed by atoms with Gasteiger partial charge in [-0.2, -0.15) is 0 Å². The van der Waals surface area contributed by atoms with E-state index in [9.17, 15) is 0 Å². The number of nitrogens with one attached hydrogen (secondary N) is 1. The molecule has 3 unspecified atom stereocenters. The summed E-state index contributed by atoms with van der Waals surface area (Å²) in [5.74, 6) is 2.61. The Morgan fingerprint density at radius 1 is 1.44 bits per heavy atom. The van der Waals surface area contributed by atoms with E-state index >= 15 is 0 Å². The number of hydrogen-bond donors (Lipinski definition) is 1. The fraction of sp³-hybridized carbons (Fsp3) is 0.714. The fourth-order valence-corrected chi connectivity index (χ4v) is 2.81. The number of ether oxygens (including phenoxy) is 1. The molecule has 2 nitrogen and oxygen atoms in total. The molecule has 2 rings (SSSR count). The van der Waals surface area contributed by atoms with Crippen LogP contribution in [0.15, 0.2) is 24.3 Å². The van der Waals surface area contributed by atoms with Crippen LogP contribution in [0.25, 0.3) is 0 Å². The minimum atomic E-state index is 0.693. The summed E-state index contributed by atoms with van der Waals surface area (Å²) in [4.78, 5) is 0. The van der Waals surface area contributed by atoms with Crippen molar-refractivity contribution in [2.24, 2.45) is 17.8 Å². The van der Waals surface area contributed by atoms with Gasteiger partial charge in [-0.15, -0.1) is 0 Å². The molecule has 0 amide bonds. The molecule has 16 heavy (non-hydrogen) atoms. The van der Waals surface area contributed by atoms with Crippen molar-refractivity contribution in [2.45, 2.75) is 19.8 Å². The monoisotopic (exact) mass is 221 g/mol. The van der Waals surface area contributed by atoms with E-state index in [1.54, 1.807) is 0 Å². The number of allylic oxidation sites excluding steroid dienone is 2. The van der Waals surface area contributed by atoms with Gasteiger partial charge < -0.3 is 10.1 Å².